The Labute approximate surface area is 574 Å². The monoisotopic (exact) mass is 1390 g/mol. The second kappa shape index (κ2) is 40.6. The maximum absolute atomic E-state index is 14.8. The van der Waals surface area contributed by atoms with Crippen LogP contribution in [0.2, 0.25) is 0 Å². The topological polar surface area (TPSA) is 574 Å². The molecule has 11 amide bonds. The minimum atomic E-state index is -2.02. The highest BCUT2D eigenvalue weighted by Gasteiger charge is 2.41. The summed E-state index contributed by atoms with van der Waals surface area (Å²) in [4.78, 5) is 179. The fourth-order valence-electron chi connectivity index (χ4n) is 11.2. The molecule has 34 nitrogen and oxygen atoms in total. The van der Waals surface area contributed by atoms with Crippen LogP contribution in [0.4, 0.5) is 0 Å². The van der Waals surface area contributed by atoms with Gasteiger partial charge in [0, 0.05) is 56.5 Å². The quantitative estimate of drug-likeness (QED) is 0.0150. The largest absolute Gasteiger partial charge is 0.508 e. The van der Waals surface area contributed by atoms with Gasteiger partial charge in [-0.25, -0.2) is 0 Å². The smallest absolute Gasteiger partial charge is 0.305 e. The molecular formula is C65H101N19O15. The van der Waals surface area contributed by atoms with Crippen molar-refractivity contribution in [1.82, 2.24) is 57.7 Å². The number of nitrogens with one attached hydrogen (secondary N) is 10. The highest BCUT2D eigenvalue weighted by atomic mass is 16.4. The Balaban J connectivity index is 1.66. The van der Waals surface area contributed by atoms with Gasteiger partial charge in [0.2, 0.25) is 65.0 Å². The van der Waals surface area contributed by atoms with E-state index in [2.05, 4.69) is 62.8 Å². The van der Waals surface area contributed by atoms with Crippen LogP contribution >= 0.6 is 0 Å². The van der Waals surface area contributed by atoms with E-state index in [1.54, 1.807) is 44.3 Å². The zero-order chi connectivity index (χ0) is 73.6. The normalized spacial score (nSPS) is 15.8. The number of aliphatic carboxylic acids is 1. The third-order valence-corrected chi connectivity index (χ3v) is 16.1. The van der Waals surface area contributed by atoms with Gasteiger partial charge in [-0.3, -0.25) is 67.5 Å². The number of aromatic hydroxyl groups is 1. The van der Waals surface area contributed by atoms with Gasteiger partial charge in [-0.1, -0.05) is 58.0 Å². The number of guanidine groups is 2. The van der Waals surface area contributed by atoms with Crippen LogP contribution in [0.3, 0.4) is 0 Å². The minimum absolute atomic E-state index is 0.0102. The number of carboxylic acid groups (broad SMARTS) is 1. The van der Waals surface area contributed by atoms with Gasteiger partial charge < -0.3 is 107 Å². The third kappa shape index (κ3) is 27.7. The molecule has 11 atom stereocenters. The van der Waals surface area contributed by atoms with E-state index in [1.807, 2.05) is 13.8 Å². The van der Waals surface area contributed by atoms with Crippen LogP contribution in [-0.4, -0.2) is 201 Å². The van der Waals surface area contributed by atoms with E-state index < -0.39 is 144 Å². The van der Waals surface area contributed by atoms with Crippen molar-refractivity contribution in [2.24, 2.45) is 56.2 Å². The molecule has 1 aromatic heterocycles. The number of aliphatic imine (C=N–C) groups is 2. The van der Waals surface area contributed by atoms with Crippen LogP contribution in [0.25, 0.3) is 10.9 Å². The summed E-state index contributed by atoms with van der Waals surface area (Å²) < 4.78 is 0. The molecule has 2 aromatic carbocycles. The third-order valence-electron chi connectivity index (χ3n) is 16.1. The molecule has 0 bridgehead atoms. The number of amides is 11. The molecule has 1 saturated heterocycles. The fourth-order valence-corrected chi connectivity index (χ4v) is 11.2. The summed E-state index contributed by atoms with van der Waals surface area (Å²) in [5, 5.41) is 55.2. The van der Waals surface area contributed by atoms with Crippen molar-refractivity contribution in [2.45, 2.75) is 198 Å². The van der Waals surface area contributed by atoms with Crippen molar-refractivity contribution in [3.63, 3.8) is 0 Å². The van der Waals surface area contributed by atoms with Crippen molar-refractivity contribution in [1.29, 1.82) is 0 Å². The van der Waals surface area contributed by atoms with Gasteiger partial charge in [-0.05, 0) is 125 Å². The molecule has 2 heterocycles. The predicted molar refractivity (Wildman–Crippen MR) is 366 cm³/mol. The van der Waals surface area contributed by atoms with Crippen molar-refractivity contribution in [3.8, 4) is 5.75 Å². The molecule has 1 aliphatic rings. The second-order valence-electron chi connectivity index (χ2n) is 25.5. The lowest BCUT2D eigenvalue weighted by molar-refractivity contribution is -0.143. The van der Waals surface area contributed by atoms with Crippen LogP contribution in [0.15, 0.2) is 64.7 Å². The fraction of sp³-hybridized carbons (Fsp3) is 0.569. The number of H-pyrrole nitrogens is 1. The number of benzene rings is 2. The first-order valence-corrected chi connectivity index (χ1v) is 33.1. The van der Waals surface area contributed by atoms with Crippen LogP contribution in [-0.2, 0) is 70.4 Å². The molecule has 25 N–H and O–H groups in total. The maximum atomic E-state index is 14.8. The van der Waals surface area contributed by atoms with Crippen molar-refractivity contribution >= 4 is 93.8 Å². The Kier molecular flexibility index (Phi) is 33.3. The Morgan fingerprint density at radius 2 is 1.07 bits per heavy atom. The number of aromatic nitrogens is 1. The Morgan fingerprint density at radius 3 is 1.63 bits per heavy atom. The summed E-state index contributed by atoms with van der Waals surface area (Å²) in [6.45, 7) is 9.99. The molecule has 0 unspecified atom stereocenters. The lowest BCUT2D eigenvalue weighted by atomic mass is 10.0. The van der Waals surface area contributed by atoms with E-state index in [9.17, 15) is 72.9 Å². The summed E-state index contributed by atoms with van der Waals surface area (Å²) in [6, 6.07) is -2.02. The van der Waals surface area contributed by atoms with E-state index in [0.717, 1.165) is 6.92 Å². The number of aliphatic hydroxyl groups excluding tert-OH is 1. The summed E-state index contributed by atoms with van der Waals surface area (Å²) in [5.74, 6) is -12.0. The minimum Gasteiger partial charge on any atom is -0.508 e. The van der Waals surface area contributed by atoms with Gasteiger partial charge in [0.05, 0.1) is 12.5 Å². The Bertz CT molecular complexity index is 3310. The Morgan fingerprint density at radius 1 is 0.576 bits per heavy atom. The first-order chi connectivity index (χ1) is 46.8. The number of nitrogens with two attached hydrogens (primary N) is 6. The summed E-state index contributed by atoms with van der Waals surface area (Å²) in [5.41, 5.74) is 35.1. The number of nitrogens with zero attached hydrogens (tertiary/aromatic N) is 3. The first-order valence-electron chi connectivity index (χ1n) is 33.1. The second-order valence-corrected chi connectivity index (χ2v) is 25.5. The first kappa shape index (κ1) is 81.3. The maximum Gasteiger partial charge on any atom is 0.305 e. The van der Waals surface area contributed by atoms with Crippen LogP contribution in [0, 0.1) is 11.8 Å². The number of fused-ring (bicyclic) bond motifs is 1. The number of hydrogen-bond acceptors (Lipinski definition) is 17. The zero-order valence-electron chi connectivity index (χ0n) is 57.0. The van der Waals surface area contributed by atoms with E-state index in [-0.39, 0.29) is 126 Å². The highest BCUT2D eigenvalue weighted by Crippen LogP contribution is 2.24. The lowest BCUT2D eigenvalue weighted by Gasteiger charge is -2.31. The number of primary amides is 1. The van der Waals surface area contributed by atoms with Gasteiger partial charge in [0.25, 0.3) is 0 Å². The number of carbonyl (C=O) groups excluding carboxylic acids is 11. The number of rotatable bonds is 42. The molecule has 0 spiro atoms. The van der Waals surface area contributed by atoms with Crippen LogP contribution in [0.1, 0.15) is 130 Å². The predicted octanol–water partition coefficient (Wildman–Crippen LogP) is -3.30. The number of phenolic OH excluding ortho intramolecular Hbond substituents is 1. The average molecular weight is 1390 g/mol. The molecule has 99 heavy (non-hydrogen) atoms. The van der Waals surface area contributed by atoms with Gasteiger partial charge in [0.15, 0.2) is 11.9 Å². The Hall–Kier alpha value is -10.1. The number of unbranched alkanes of at least 4 members (excludes halogenated alkanes) is 1. The highest BCUT2D eigenvalue weighted by molar-refractivity contribution is 6.00. The van der Waals surface area contributed by atoms with Crippen LogP contribution in [0.5, 0.6) is 5.75 Å². The van der Waals surface area contributed by atoms with Crippen molar-refractivity contribution in [2.75, 3.05) is 26.2 Å². The molecule has 546 valence electrons. The van der Waals surface area contributed by atoms with Gasteiger partial charge in [-0.2, -0.15) is 0 Å². The number of hydrogen-bond donors (Lipinski definition) is 19. The van der Waals surface area contributed by atoms with Crippen LogP contribution < -0.4 is 82.3 Å². The van der Waals surface area contributed by atoms with E-state index in [4.69, 9.17) is 34.4 Å². The SMILES string of the molecule is CC(=O)N[C@@H](CC(C)C)C(=O)N[C@@H](CCCN=C(N)N)C(=O)N1CCC[C@H]1C(=O)N[C@@H](Cc1c[nH]c2ccccc12)C(=O)N[C@H](C(=O)N[C@@H](CC(=O)O)C(=O)N[C@@H](CCCCN)C(=O)N[C@@H](Cc1ccc(O)cc1)C(=O)N[C@@H](CCCN=C(N)N)C(=O)N[C@@H](CC(C)C)C(N)=O)[C@@H](C)O. The van der Waals surface area contributed by atoms with Crippen molar-refractivity contribution < 1.29 is 72.9 Å². The zero-order valence-corrected chi connectivity index (χ0v) is 57.0. The summed E-state index contributed by atoms with van der Waals surface area (Å²) >= 11 is 0. The number of carboxylic acids is 1. The number of para-hydroxylation sites is 1. The molecule has 0 aliphatic carbocycles. The summed E-state index contributed by atoms with van der Waals surface area (Å²) in [6.07, 6.45) is -0.407. The number of aliphatic hydroxyl groups is 1. The molecular weight excluding hydrogens is 1290 g/mol. The van der Waals surface area contributed by atoms with Gasteiger partial charge in [0.1, 0.15) is 66.2 Å². The number of carbonyl (C=O) groups is 12. The number of phenols is 1. The molecule has 0 radical (unpaired) electrons. The lowest BCUT2D eigenvalue weighted by Crippen LogP contribution is -2.62. The van der Waals surface area contributed by atoms with Gasteiger partial charge in [-0.15, -0.1) is 0 Å². The van der Waals surface area contributed by atoms with Gasteiger partial charge >= 0.3 is 5.97 Å². The molecule has 1 aliphatic heterocycles. The van der Waals surface area contributed by atoms with Crippen molar-refractivity contribution in [3.05, 3.63) is 65.9 Å². The number of likely N-dealkylation sites (tertiary alicyclic amines) is 1. The number of aromatic amines is 1. The average Bonchev–Trinajstić information content (AvgIpc) is 1.76. The molecule has 34 heteroatoms. The molecule has 3 aromatic rings. The van der Waals surface area contributed by atoms with E-state index in [0.29, 0.717) is 34.9 Å². The molecule has 4 rings (SSSR count). The van der Waals surface area contributed by atoms with E-state index in [1.165, 1.54) is 36.1 Å². The standard InChI is InChI=1S/C65H101N19O15/c1-34(2)28-46(54(67)90)79-55(91)44(17-11-25-72-64(68)69)77-58(94)48(30-38-20-22-40(87)23-21-38)80-56(92)43(16-9-10-24-66)76-59(95)50(32-52(88)89)82-62(98)53(36(5)85)83-60(96)49(31-39-33-74-42-15-8-7-14-41(39)42)81-61(97)51-19-13-27-84(51)63(99)45(18-12-26-73-65(70)71)78-57(93)47(29-35(3)4)75-37(6)86/h7-8,14-15,20-23,33-36,43-51,53,74,85,87H,9-13,16-19,24-32,66H2,1-6H3,(H2,67,90)(H,75,86)(H,76,95)(H,77,94)(H,78,93)(H,79,91)(H,80,92)(H,81,97)(H,82,98)(H,83,96)(H,88,89)(H4,68,69,72)(H4,70,71,73)/t36-,43+,44+,45+,46+,47+,48+,49+,50+,51+,53+/m1/s1. The molecule has 1 fully saturated rings. The van der Waals surface area contributed by atoms with E-state index >= 15 is 0 Å². The summed E-state index contributed by atoms with van der Waals surface area (Å²) in [7, 11) is 0. The molecule has 0 saturated carbocycles.